The fourth-order valence-electron chi connectivity index (χ4n) is 1.88. The van der Waals surface area contributed by atoms with E-state index in [1.807, 2.05) is 25.1 Å². The van der Waals surface area contributed by atoms with E-state index in [9.17, 15) is 4.79 Å². The lowest BCUT2D eigenvalue weighted by Crippen LogP contribution is -2.24. The van der Waals surface area contributed by atoms with E-state index in [-0.39, 0.29) is 11.0 Å². The molecule has 0 saturated carbocycles. The molecule has 0 spiro atoms. The fraction of sp³-hybridized carbons (Fsp3) is 0.333. The Morgan fingerprint density at radius 1 is 1.30 bits per heavy atom. The lowest BCUT2D eigenvalue weighted by atomic mass is 9.92. The lowest BCUT2D eigenvalue weighted by molar-refractivity contribution is 0.562. The molecule has 20 heavy (non-hydrogen) atoms. The minimum atomic E-state index is -0.163. The van der Waals surface area contributed by atoms with Crippen LogP contribution in [0.5, 0.6) is 0 Å². The highest BCUT2D eigenvalue weighted by Crippen LogP contribution is 2.27. The number of halogens is 2. The third-order valence-corrected chi connectivity index (χ3v) is 4.90. The van der Waals surface area contributed by atoms with E-state index in [2.05, 4.69) is 69.3 Å². The molecule has 0 radical (unpaired) electrons. The van der Waals surface area contributed by atoms with Gasteiger partial charge in [-0.3, -0.25) is 4.79 Å². The van der Waals surface area contributed by atoms with Crippen LogP contribution in [0.3, 0.4) is 0 Å². The number of nitrogens with zero attached hydrogens (tertiary/aromatic N) is 1. The van der Waals surface area contributed by atoms with Gasteiger partial charge in [-0.15, -0.1) is 0 Å². The van der Waals surface area contributed by atoms with E-state index in [1.165, 1.54) is 0 Å². The zero-order valence-corrected chi connectivity index (χ0v) is 15.6. The maximum absolute atomic E-state index is 12.1. The summed E-state index contributed by atoms with van der Waals surface area (Å²) < 4.78 is 1.71. The molecule has 3 nitrogen and oxygen atoms in total. The number of nitrogens with one attached hydrogen (secondary N) is 1. The Hall–Kier alpha value is -0.690. The van der Waals surface area contributed by atoms with Crippen molar-refractivity contribution in [3.63, 3.8) is 0 Å². The molecular weight excluding hydrogens is 431 g/mol. The summed E-state index contributed by atoms with van der Waals surface area (Å²) in [6.07, 6.45) is 0. The highest BCUT2D eigenvalue weighted by Gasteiger charge is 2.22. The van der Waals surface area contributed by atoms with Gasteiger partial charge in [0.05, 0.1) is 5.69 Å². The molecule has 0 fully saturated rings. The molecule has 0 bridgehead atoms. The van der Waals surface area contributed by atoms with Gasteiger partial charge in [0.25, 0.3) is 5.56 Å². The predicted octanol–water partition coefficient (Wildman–Crippen LogP) is 4.41. The van der Waals surface area contributed by atoms with Gasteiger partial charge in [-0.1, -0.05) is 42.8 Å². The number of aromatic nitrogens is 2. The Labute approximate surface area is 140 Å². The molecule has 0 atom stereocenters. The molecule has 5 heteroatoms. The van der Waals surface area contributed by atoms with Gasteiger partial charge in [-0.2, -0.15) is 0 Å². The van der Waals surface area contributed by atoms with Gasteiger partial charge in [0.15, 0.2) is 0 Å². The van der Waals surface area contributed by atoms with Gasteiger partial charge in [-0.05, 0) is 47.2 Å². The van der Waals surface area contributed by atoms with Crippen LogP contribution in [-0.2, 0) is 5.41 Å². The van der Waals surface area contributed by atoms with E-state index in [0.29, 0.717) is 9.39 Å². The number of aryl methyl sites for hydroxylation is 1. The minimum absolute atomic E-state index is 0.0823. The molecular formula is C15H16BrIN2O. The Bertz CT molecular complexity index is 717. The van der Waals surface area contributed by atoms with Crippen molar-refractivity contribution in [3.05, 3.63) is 47.9 Å². The first-order chi connectivity index (χ1) is 9.20. The van der Waals surface area contributed by atoms with E-state index in [0.717, 1.165) is 21.3 Å². The van der Waals surface area contributed by atoms with Crippen LogP contribution in [-0.4, -0.2) is 9.97 Å². The number of aromatic amines is 1. The average molecular weight is 447 g/mol. The molecule has 1 aromatic carbocycles. The summed E-state index contributed by atoms with van der Waals surface area (Å²) in [5.74, 6) is 0.621. The highest BCUT2D eigenvalue weighted by atomic mass is 127. The van der Waals surface area contributed by atoms with Gasteiger partial charge in [0.1, 0.15) is 9.39 Å². The molecule has 1 aromatic heterocycles. The number of hydrogen-bond donors (Lipinski definition) is 1. The monoisotopic (exact) mass is 446 g/mol. The second kappa shape index (κ2) is 5.60. The minimum Gasteiger partial charge on any atom is -0.306 e. The van der Waals surface area contributed by atoms with Gasteiger partial charge >= 0.3 is 0 Å². The molecule has 0 saturated heterocycles. The highest BCUT2D eigenvalue weighted by molar-refractivity contribution is 14.1. The van der Waals surface area contributed by atoms with Crippen LogP contribution >= 0.6 is 38.5 Å². The summed E-state index contributed by atoms with van der Waals surface area (Å²) in [6, 6.07) is 5.94. The van der Waals surface area contributed by atoms with Gasteiger partial charge in [0.2, 0.25) is 0 Å². The number of benzene rings is 1. The molecule has 106 valence electrons. The molecule has 0 aliphatic carbocycles. The van der Waals surface area contributed by atoms with Crippen LogP contribution in [0, 0.1) is 10.5 Å². The second-order valence-electron chi connectivity index (χ2n) is 5.79. The largest absolute Gasteiger partial charge is 0.306 e. The normalized spacial score (nSPS) is 11.7. The molecule has 0 amide bonds. The van der Waals surface area contributed by atoms with Crippen molar-refractivity contribution in [2.24, 2.45) is 0 Å². The molecule has 2 aromatic rings. The van der Waals surface area contributed by atoms with Gasteiger partial charge in [-0.25, -0.2) is 4.98 Å². The summed E-state index contributed by atoms with van der Waals surface area (Å²) in [5, 5.41) is 0. The van der Waals surface area contributed by atoms with E-state index in [1.54, 1.807) is 0 Å². The number of rotatable bonds is 1. The van der Waals surface area contributed by atoms with Crippen molar-refractivity contribution in [3.8, 4) is 11.4 Å². The Morgan fingerprint density at radius 2 is 1.95 bits per heavy atom. The Balaban J connectivity index is 2.67. The van der Waals surface area contributed by atoms with Crippen molar-refractivity contribution < 1.29 is 0 Å². The maximum Gasteiger partial charge on any atom is 0.264 e. The van der Waals surface area contributed by atoms with Crippen LogP contribution in [0.4, 0.5) is 0 Å². The first-order valence-corrected chi connectivity index (χ1v) is 8.14. The van der Waals surface area contributed by atoms with Crippen LogP contribution < -0.4 is 5.56 Å². The quantitative estimate of drug-likeness (QED) is 0.659. The standard InChI is InChI=1S/C15H16BrIN2O/c1-8-7-9(5-6-10(8)16)13-18-12(15(2,3)4)11(17)14(20)19-13/h5-7H,1-4H3,(H,18,19,20). The molecule has 1 N–H and O–H groups in total. The summed E-state index contributed by atoms with van der Waals surface area (Å²) in [6.45, 7) is 8.21. The smallest absolute Gasteiger partial charge is 0.264 e. The summed E-state index contributed by atoms with van der Waals surface area (Å²) in [4.78, 5) is 19.6. The second-order valence-corrected chi connectivity index (χ2v) is 7.72. The molecule has 0 aliphatic rings. The van der Waals surface area contributed by atoms with Crippen molar-refractivity contribution in [2.75, 3.05) is 0 Å². The first kappa shape index (κ1) is 15.7. The van der Waals surface area contributed by atoms with Crippen molar-refractivity contribution in [1.82, 2.24) is 9.97 Å². The van der Waals surface area contributed by atoms with E-state index < -0.39 is 0 Å². The van der Waals surface area contributed by atoms with Crippen molar-refractivity contribution in [1.29, 1.82) is 0 Å². The van der Waals surface area contributed by atoms with E-state index >= 15 is 0 Å². The van der Waals surface area contributed by atoms with Gasteiger partial charge < -0.3 is 4.98 Å². The average Bonchev–Trinajstić information content (AvgIpc) is 2.34. The van der Waals surface area contributed by atoms with Crippen LogP contribution in [0.2, 0.25) is 0 Å². The van der Waals surface area contributed by atoms with Crippen LogP contribution in [0.25, 0.3) is 11.4 Å². The molecule has 0 aliphatic heterocycles. The van der Waals surface area contributed by atoms with Crippen LogP contribution in [0.15, 0.2) is 27.5 Å². The Morgan fingerprint density at radius 3 is 2.50 bits per heavy atom. The number of H-pyrrole nitrogens is 1. The lowest BCUT2D eigenvalue weighted by Gasteiger charge is -2.19. The summed E-state index contributed by atoms with van der Waals surface area (Å²) in [7, 11) is 0. The van der Waals surface area contributed by atoms with E-state index in [4.69, 9.17) is 0 Å². The predicted molar refractivity (Wildman–Crippen MR) is 94.1 cm³/mol. The SMILES string of the molecule is Cc1cc(-c2nc(C(C)(C)C)c(I)c(=O)[nH]2)ccc1Br. The zero-order chi connectivity index (χ0) is 15.1. The van der Waals surface area contributed by atoms with Gasteiger partial charge in [0, 0.05) is 15.5 Å². The summed E-state index contributed by atoms with van der Waals surface area (Å²) in [5.41, 5.74) is 2.62. The molecule has 1 heterocycles. The fourth-order valence-corrected chi connectivity index (χ4v) is 3.20. The molecule has 0 unspecified atom stereocenters. The third kappa shape index (κ3) is 3.14. The van der Waals surface area contributed by atoms with Crippen molar-refractivity contribution >= 4 is 38.5 Å². The molecule has 2 rings (SSSR count). The van der Waals surface area contributed by atoms with Crippen molar-refractivity contribution in [2.45, 2.75) is 33.1 Å². The number of hydrogen-bond acceptors (Lipinski definition) is 2. The third-order valence-electron chi connectivity index (χ3n) is 3.00. The summed E-state index contributed by atoms with van der Waals surface area (Å²) >= 11 is 5.55. The first-order valence-electron chi connectivity index (χ1n) is 6.27. The maximum atomic E-state index is 12.1. The Kier molecular flexibility index (Phi) is 4.39. The topological polar surface area (TPSA) is 45.8 Å². The zero-order valence-electron chi connectivity index (χ0n) is 11.8. The van der Waals surface area contributed by atoms with Crippen LogP contribution in [0.1, 0.15) is 32.0 Å².